The number of carbonyl (C=O) groups is 2. The molecule has 0 aliphatic carbocycles. The van der Waals surface area contributed by atoms with Gasteiger partial charge in [0, 0.05) is 51.4 Å². The van der Waals surface area contributed by atoms with Crippen LogP contribution in [0.5, 0.6) is 0 Å². The lowest BCUT2D eigenvalue weighted by Crippen LogP contribution is -2.37. The summed E-state index contributed by atoms with van der Waals surface area (Å²) in [6, 6.07) is 16.1. The first kappa shape index (κ1) is 24.8. The van der Waals surface area contributed by atoms with Crippen molar-refractivity contribution in [3.63, 3.8) is 0 Å². The molecule has 2 aromatic carbocycles. The molecular weight excluding hydrogens is 452 g/mol. The minimum atomic E-state index is -0.371. The van der Waals surface area contributed by atoms with E-state index >= 15 is 0 Å². The highest BCUT2D eigenvalue weighted by atomic mass is 16.7. The van der Waals surface area contributed by atoms with E-state index in [0.717, 1.165) is 87.3 Å². The molecule has 36 heavy (non-hydrogen) atoms. The van der Waals surface area contributed by atoms with Crippen molar-refractivity contribution < 1.29 is 14.4 Å². The molecule has 0 spiro atoms. The number of hydrogen-bond acceptors (Lipinski definition) is 5. The monoisotopic (exact) mass is 490 g/mol. The average Bonchev–Trinajstić information content (AvgIpc) is 3.59. The van der Waals surface area contributed by atoms with Crippen LogP contribution in [0.15, 0.2) is 48.5 Å². The first-order valence-corrected chi connectivity index (χ1v) is 13.3. The summed E-state index contributed by atoms with van der Waals surface area (Å²) in [6.45, 7) is 10.2. The molecule has 0 radical (unpaired) electrons. The molecule has 3 heterocycles. The molecule has 2 unspecified atom stereocenters. The fraction of sp³-hybridized carbons (Fsp3) is 0.517. The van der Waals surface area contributed by atoms with Crippen LogP contribution in [-0.4, -0.2) is 72.7 Å². The number of hydroxylamine groups is 2. The largest absolute Gasteiger partial charge is 0.426 e. The first-order valence-electron chi connectivity index (χ1n) is 13.3. The van der Waals surface area contributed by atoms with E-state index in [4.69, 9.17) is 4.84 Å². The smallest absolute Gasteiger partial charge is 0.351 e. The summed E-state index contributed by atoms with van der Waals surface area (Å²) in [5, 5.41) is 4.86. The van der Waals surface area contributed by atoms with E-state index in [1.807, 2.05) is 50.2 Å². The molecule has 3 atom stereocenters. The summed E-state index contributed by atoms with van der Waals surface area (Å²) >= 11 is 0. The van der Waals surface area contributed by atoms with Gasteiger partial charge in [-0.05, 0) is 61.6 Å². The second-order valence-electron chi connectivity index (χ2n) is 10.7. The van der Waals surface area contributed by atoms with E-state index in [2.05, 4.69) is 27.2 Å². The van der Waals surface area contributed by atoms with Gasteiger partial charge in [0.25, 0.3) is 5.91 Å². The maximum Gasteiger partial charge on any atom is 0.426 e. The number of aryl methyl sites for hydroxylation is 2. The van der Waals surface area contributed by atoms with Gasteiger partial charge >= 0.3 is 6.09 Å². The van der Waals surface area contributed by atoms with Crippen LogP contribution in [0.2, 0.25) is 0 Å². The third kappa shape index (κ3) is 5.57. The highest BCUT2D eigenvalue weighted by molar-refractivity contribution is 5.97. The molecule has 0 bridgehead atoms. The predicted octanol–water partition coefficient (Wildman–Crippen LogP) is 4.18. The lowest BCUT2D eigenvalue weighted by Gasteiger charge is -2.25. The van der Waals surface area contributed by atoms with Crippen LogP contribution >= 0.6 is 0 Å². The molecule has 3 aliphatic rings. The highest BCUT2D eigenvalue weighted by Gasteiger charge is 2.42. The minimum Gasteiger partial charge on any atom is -0.351 e. The van der Waals surface area contributed by atoms with E-state index in [0.29, 0.717) is 11.8 Å². The highest BCUT2D eigenvalue weighted by Crippen LogP contribution is 2.33. The van der Waals surface area contributed by atoms with Gasteiger partial charge in [0.15, 0.2) is 0 Å². The molecule has 2 amide bonds. The number of hydrogen-bond donors (Lipinski definition) is 1. The third-order valence-electron chi connectivity index (χ3n) is 8.05. The van der Waals surface area contributed by atoms with Crippen LogP contribution in [0.25, 0.3) is 0 Å². The molecule has 2 aromatic rings. The van der Waals surface area contributed by atoms with E-state index in [-0.39, 0.29) is 18.0 Å². The Balaban J connectivity index is 1.15. The number of amides is 2. The maximum atomic E-state index is 13.3. The van der Waals surface area contributed by atoms with Crippen molar-refractivity contribution in [1.82, 2.24) is 20.2 Å². The second-order valence-corrected chi connectivity index (χ2v) is 10.7. The Morgan fingerprint density at radius 1 is 0.917 bits per heavy atom. The van der Waals surface area contributed by atoms with E-state index in [1.165, 1.54) is 0 Å². The molecule has 1 N–H and O–H groups in total. The minimum absolute atomic E-state index is 0.0937. The zero-order valence-electron chi connectivity index (χ0n) is 21.5. The van der Waals surface area contributed by atoms with Crippen molar-refractivity contribution in [3.05, 3.63) is 70.8 Å². The molecule has 0 aromatic heterocycles. The molecule has 3 fully saturated rings. The predicted molar refractivity (Wildman–Crippen MR) is 139 cm³/mol. The Morgan fingerprint density at radius 3 is 2.19 bits per heavy atom. The Labute approximate surface area is 214 Å². The van der Waals surface area contributed by atoms with E-state index in [1.54, 1.807) is 5.06 Å². The number of likely N-dealkylation sites (tertiary alicyclic amines) is 2. The molecule has 192 valence electrons. The molecule has 5 rings (SSSR count). The number of rotatable bonds is 7. The summed E-state index contributed by atoms with van der Waals surface area (Å²) in [5.74, 6) is 1.21. The number of nitrogens with one attached hydrogen (secondary N) is 1. The summed E-state index contributed by atoms with van der Waals surface area (Å²) in [6.07, 6.45) is 2.59. The molecular formula is C29H38N4O3. The van der Waals surface area contributed by atoms with Crippen molar-refractivity contribution in [2.45, 2.75) is 39.2 Å². The molecule has 0 saturated carbocycles. The van der Waals surface area contributed by atoms with Gasteiger partial charge in [-0.2, -0.15) is 0 Å². The van der Waals surface area contributed by atoms with Gasteiger partial charge in [0.2, 0.25) is 0 Å². The van der Waals surface area contributed by atoms with E-state index < -0.39 is 0 Å². The van der Waals surface area contributed by atoms with Crippen LogP contribution in [0.3, 0.4) is 0 Å². The fourth-order valence-electron chi connectivity index (χ4n) is 6.13. The van der Waals surface area contributed by atoms with Gasteiger partial charge in [-0.1, -0.05) is 48.5 Å². The Morgan fingerprint density at radius 2 is 1.56 bits per heavy atom. The van der Waals surface area contributed by atoms with Crippen molar-refractivity contribution in [3.8, 4) is 0 Å². The second kappa shape index (κ2) is 11.0. The molecule has 3 saturated heterocycles. The van der Waals surface area contributed by atoms with Gasteiger partial charge in [-0.3, -0.25) is 4.79 Å². The Hall–Kier alpha value is -2.90. The van der Waals surface area contributed by atoms with Crippen LogP contribution in [0.1, 0.15) is 52.4 Å². The lowest BCUT2D eigenvalue weighted by atomic mass is 10.0. The van der Waals surface area contributed by atoms with Crippen LogP contribution < -0.4 is 5.32 Å². The molecule has 7 nitrogen and oxygen atoms in total. The van der Waals surface area contributed by atoms with Gasteiger partial charge in [-0.25, -0.2) is 4.79 Å². The van der Waals surface area contributed by atoms with Crippen molar-refractivity contribution in [2.24, 2.45) is 11.8 Å². The summed E-state index contributed by atoms with van der Waals surface area (Å²) < 4.78 is 0. The quantitative estimate of drug-likeness (QED) is 0.631. The van der Waals surface area contributed by atoms with Crippen molar-refractivity contribution >= 4 is 12.0 Å². The third-order valence-corrected chi connectivity index (χ3v) is 8.05. The normalized spacial score (nSPS) is 23.0. The van der Waals surface area contributed by atoms with Gasteiger partial charge in [-0.15, -0.1) is 5.06 Å². The topological polar surface area (TPSA) is 65.1 Å². The van der Waals surface area contributed by atoms with Crippen molar-refractivity contribution in [1.29, 1.82) is 0 Å². The van der Waals surface area contributed by atoms with Crippen molar-refractivity contribution in [2.75, 3.05) is 45.8 Å². The summed E-state index contributed by atoms with van der Waals surface area (Å²) in [7, 11) is 0. The van der Waals surface area contributed by atoms with Gasteiger partial charge in [0.1, 0.15) is 0 Å². The number of benzene rings is 2. The van der Waals surface area contributed by atoms with Crippen LogP contribution in [0.4, 0.5) is 4.79 Å². The van der Waals surface area contributed by atoms with Gasteiger partial charge < -0.3 is 20.0 Å². The number of carbonyl (C=O) groups excluding carboxylic acids is 2. The zero-order valence-corrected chi connectivity index (χ0v) is 21.5. The molecule has 7 heteroatoms. The van der Waals surface area contributed by atoms with E-state index in [9.17, 15) is 9.59 Å². The SMILES string of the molecule is Cc1cccc(C)c1C(=O)N1CC2CN(CCC(NC(=O)ON3CCCC3)c3ccccc3)C[C@H]2C1. The lowest BCUT2D eigenvalue weighted by molar-refractivity contribution is -0.0816. The van der Waals surface area contributed by atoms with Crippen LogP contribution in [-0.2, 0) is 4.84 Å². The maximum absolute atomic E-state index is 13.3. The van der Waals surface area contributed by atoms with Crippen LogP contribution in [0, 0.1) is 25.7 Å². The van der Waals surface area contributed by atoms with Gasteiger partial charge in [0.05, 0.1) is 6.04 Å². The summed E-state index contributed by atoms with van der Waals surface area (Å²) in [4.78, 5) is 35.9. The summed E-state index contributed by atoms with van der Waals surface area (Å²) in [5.41, 5.74) is 4.08. The standard InChI is InChI=1S/C29H38N4O3/c1-21-9-8-10-22(2)27(21)28(34)32-19-24-17-31(18-25(24)20-32)16-13-26(23-11-4-3-5-12-23)30-29(35)36-33-14-6-7-15-33/h3-5,8-12,24-26H,6-7,13-20H2,1-2H3,(H,30,35)/t24-,25?,26?/m0/s1. The number of nitrogens with zero attached hydrogens (tertiary/aromatic N) is 3. The zero-order chi connectivity index (χ0) is 25.1. The first-order chi connectivity index (χ1) is 17.5. The molecule has 3 aliphatic heterocycles. The fourth-order valence-corrected chi connectivity index (χ4v) is 6.13. The average molecular weight is 491 g/mol. The Kier molecular flexibility index (Phi) is 7.58. The Bertz CT molecular complexity index is 1040. The number of fused-ring (bicyclic) bond motifs is 1.